The smallest absolute Gasteiger partial charge is 0.345 e. The van der Waals surface area contributed by atoms with Crippen LogP contribution in [0.5, 0.6) is 0 Å². The van der Waals surface area contributed by atoms with E-state index in [1.54, 1.807) is 0 Å². The number of amides is 2. The zero-order chi connectivity index (χ0) is 22.1. The first-order valence-electron chi connectivity index (χ1n) is 10.8. The summed E-state index contributed by atoms with van der Waals surface area (Å²) in [5.41, 5.74) is 7.34. The minimum atomic E-state index is -0.786. The van der Waals surface area contributed by atoms with Crippen molar-refractivity contribution >= 4 is 12.0 Å². The number of hydrogen-bond acceptors (Lipinski definition) is 6. The van der Waals surface area contributed by atoms with Gasteiger partial charge in [-0.3, -0.25) is 4.84 Å². The molecule has 166 valence electrons. The predicted molar refractivity (Wildman–Crippen MR) is 117 cm³/mol. The van der Waals surface area contributed by atoms with Gasteiger partial charge in [-0.1, -0.05) is 60.7 Å². The Morgan fingerprint density at radius 3 is 2.44 bits per heavy atom. The number of ether oxygens (including phenoxy) is 1. The second-order valence-corrected chi connectivity index (χ2v) is 8.17. The average molecular weight is 434 g/mol. The molecule has 3 aliphatic heterocycles. The van der Waals surface area contributed by atoms with Gasteiger partial charge in [0, 0.05) is 13.1 Å². The van der Waals surface area contributed by atoms with Crippen LogP contribution >= 0.6 is 0 Å². The largest absolute Gasteiger partial charge is 0.467 e. The van der Waals surface area contributed by atoms with Gasteiger partial charge in [0.25, 0.3) is 0 Å². The maximum Gasteiger partial charge on any atom is 0.345 e. The van der Waals surface area contributed by atoms with E-state index in [0.29, 0.717) is 13.1 Å². The highest BCUT2D eigenvalue weighted by Gasteiger charge is 2.54. The maximum absolute atomic E-state index is 13.1. The van der Waals surface area contributed by atoms with Gasteiger partial charge in [-0.25, -0.2) is 14.6 Å². The van der Waals surface area contributed by atoms with Crippen molar-refractivity contribution in [3.63, 3.8) is 0 Å². The quantitative estimate of drug-likeness (QED) is 0.673. The van der Waals surface area contributed by atoms with Crippen LogP contribution in [0.1, 0.15) is 11.1 Å². The Bertz CT molecular complexity index is 1030. The minimum Gasteiger partial charge on any atom is -0.467 e. The van der Waals surface area contributed by atoms with Crippen molar-refractivity contribution in [2.45, 2.75) is 25.1 Å². The lowest BCUT2D eigenvalue weighted by Crippen LogP contribution is -2.50. The number of nitrogens with one attached hydrogen (secondary N) is 1. The van der Waals surface area contributed by atoms with E-state index in [9.17, 15) is 9.59 Å². The van der Waals surface area contributed by atoms with Crippen LogP contribution in [0.25, 0.3) is 0 Å². The molecule has 1 saturated heterocycles. The number of benzene rings is 2. The fourth-order valence-electron chi connectivity index (χ4n) is 4.58. The molecule has 0 saturated carbocycles. The fraction of sp³-hybridized carbons (Fsp3) is 0.333. The van der Waals surface area contributed by atoms with Crippen LogP contribution in [0.4, 0.5) is 4.79 Å². The molecule has 1 N–H and O–H groups in total. The summed E-state index contributed by atoms with van der Waals surface area (Å²) in [6, 6.07) is 18.7. The Morgan fingerprint density at radius 1 is 1.06 bits per heavy atom. The molecule has 5 rings (SSSR count). The van der Waals surface area contributed by atoms with E-state index in [4.69, 9.17) is 9.57 Å². The minimum absolute atomic E-state index is 0.239. The van der Waals surface area contributed by atoms with Crippen molar-refractivity contribution in [1.29, 1.82) is 0 Å². The number of carbonyl (C=O) groups is 2. The lowest BCUT2D eigenvalue weighted by molar-refractivity contribution is -0.145. The second kappa shape index (κ2) is 8.64. The van der Waals surface area contributed by atoms with Gasteiger partial charge in [-0.15, -0.1) is 0 Å². The molecular weight excluding hydrogens is 408 g/mol. The molecule has 2 atom stereocenters. The predicted octanol–water partition coefficient (Wildman–Crippen LogP) is 2.10. The van der Waals surface area contributed by atoms with E-state index in [1.165, 1.54) is 22.6 Å². The number of methoxy groups -OCH3 is 1. The summed E-state index contributed by atoms with van der Waals surface area (Å²) in [5.74, 6) is -0.452. The van der Waals surface area contributed by atoms with Crippen LogP contribution in [0.2, 0.25) is 0 Å². The molecule has 3 heterocycles. The number of rotatable bonds is 7. The second-order valence-electron chi connectivity index (χ2n) is 8.17. The van der Waals surface area contributed by atoms with Gasteiger partial charge in [0.05, 0.1) is 19.4 Å². The SMILES string of the molecule is COC(=O)C1C2=C(CN(CCc3ccccc3)N2)C2CN1C(=O)N2OCc1ccccc1. The summed E-state index contributed by atoms with van der Waals surface area (Å²) in [6.45, 7) is 2.08. The molecule has 1 fully saturated rings. The molecule has 8 heteroatoms. The highest BCUT2D eigenvalue weighted by atomic mass is 16.7. The Hall–Kier alpha value is -3.36. The number of urea groups is 1. The summed E-state index contributed by atoms with van der Waals surface area (Å²) >= 11 is 0. The van der Waals surface area contributed by atoms with E-state index in [0.717, 1.165) is 29.8 Å². The number of hydroxylamine groups is 2. The normalized spacial score (nSPS) is 22.2. The van der Waals surface area contributed by atoms with Crippen LogP contribution in [0.15, 0.2) is 71.9 Å². The molecule has 2 bridgehead atoms. The first-order chi connectivity index (χ1) is 15.7. The van der Waals surface area contributed by atoms with Crippen molar-refractivity contribution in [2.24, 2.45) is 0 Å². The van der Waals surface area contributed by atoms with Crippen molar-refractivity contribution < 1.29 is 19.2 Å². The molecule has 0 aliphatic carbocycles. The van der Waals surface area contributed by atoms with E-state index in [-0.39, 0.29) is 18.7 Å². The summed E-state index contributed by atoms with van der Waals surface area (Å²) in [6.07, 6.45) is 0.874. The Balaban J connectivity index is 1.34. The number of fused-ring (bicyclic) bond motifs is 3. The van der Waals surface area contributed by atoms with E-state index >= 15 is 0 Å². The molecule has 8 nitrogen and oxygen atoms in total. The Labute approximate surface area is 186 Å². The van der Waals surface area contributed by atoms with Gasteiger partial charge in [0.15, 0.2) is 6.04 Å². The topological polar surface area (TPSA) is 74.4 Å². The molecular formula is C24H26N4O4. The Kier molecular flexibility index (Phi) is 5.55. The van der Waals surface area contributed by atoms with Gasteiger partial charge < -0.3 is 15.1 Å². The molecule has 2 amide bonds. The van der Waals surface area contributed by atoms with Crippen LogP contribution < -0.4 is 5.43 Å². The van der Waals surface area contributed by atoms with Crippen LogP contribution in [0.3, 0.4) is 0 Å². The highest BCUT2D eigenvalue weighted by Crippen LogP contribution is 2.37. The number of carbonyl (C=O) groups excluding carboxylic acids is 2. The average Bonchev–Trinajstić information content (AvgIpc) is 3.38. The summed E-state index contributed by atoms with van der Waals surface area (Å²) in [7, 11) is 1.35. The molecule has 2 aromatic carbocycles. The van der Waals surface area contributed by atoms with Crippen molar-refractivity contribution in [1.82, 2.24) is 20.4 Å². The van der Waals surface area contributed by atoms with Crippen molar-refractivity contribution in [2.75, 3.05) is 26.7 Å². The van der Waals surface area contributed by atoms with Gasteiger partial charge >= 0.3 is 12.0 Å². The molecule has 2 aromatic rings. The summed E-state index contributed by atoms with van der Waals surface area (Å²) in [5, 5.41) is 3.52. The standard InChI is InChI=1S/C24H26N4O4/c1-31-23(29)22-21-19(14-26(25-21)13-12-17-8-4-2-5-9-17)20-15-27(22)24(30)28(20)32-16-18-10-6-3-7-11-18/h2-11,20,22,25H,12-16H2,1H3. The number of hydrazine groups is 1. The van der Waals surface area contributed by atoms with Gasteiger partial charge in [0.2, 0.25) is 0 Å². The van der Waals surface area contributed by atoms with E-state index < -0.39 is 12.0 Å². The first-order valence-corrected chi connectivity index (χ1v) is 10.8. The van der Waals surface area contributed by atoms with Crippen LogP contribution in [-0.4, -0.2) is 65.8 Å². The first kappa shape index (κ1) is 20.5. The molecule has 32 heavy (non-hydrogen) atoms. The van der Waals surface area contributed by atoms with Crippen molar-refractivity contribution in [3.8, 4) is 0 Å². The molecule has 3 aliphatic rings. The monoisotopic (exact) mass is 434 g/mol. The maximum atomic E-state index is 13.1. The van der Waals surface area contributed by atoms with Gasteiger partial charge in [-0.05, 0) is 23.1 Å². The van der Waals surface area contributed by atoms with Gasteiger partial charge in [0.1, 0.15) is 12.6 Å². The number of esters is 1. The highest BCUT2D eigenvalue weighted by molar-refractivity contribution is 5.89. The summed E-state index contributed by atoms with van der Waals surface area (Å²) in [4.78, 5) is 33.3. The van der Waals surface area contributed by atoms with E-state index in [2.05, 4.69) is 22.6 Å². The molecule has 0 aromatic heterocycles. The molecule has 0 radical (unpaired) electrons. The lowest BCUT2D eigenvalue weighted by atomic mass is 9.97. The number of nitrogens with zero attached hydrogens (tertiary/aromatic N) is 3. The number of hydrogen-bond donors (Lipinski definition) is 1. The summed E-state index contributed by atoms with van der Waals surface area (Å²) < 4.78 is 5.04. The van der Waals surface area contributed by atoms with Crippen LogP contribution in [0, 0.1) is 0 Å². The third-order valence-corrected chi connectivity index (χ3v) is 6.21. The third-order valence-electron chi connectivity index (χ3n) is 6.21. The molecule has 0 spiro atoms. The van der Waals surface area contributed by atoms with Crippen molar-refractivity contribution in [3.05, 3.63) is 83.1 Å². The zero-order valence-corrected chi connectivity index (χ0v) is 17.9. The van der Waals surface area contributed by atoms with Crippen LogP contribution in [-0.2, 0) is 27.4 Å². The Morgan fingerprint density at radius 2 is 1.75 bits per heavy atom. The zero-order valence-electron chi connectivity index (χ0n) is 17.9. The fourth-order valence-corrected chi connectivity index (χ4v) is 4.58. The third kappa shape index (κ3) is 3.72. The van der Waals surface area contributed by atoms with E-state index in [1.807, 2.05) is 48.5 Å². The lowest BCUT2D eigenvalue weighted by Gasteiger charge is -2.29. The van der Waals surface area contributed by atoms with Gasteiger partial charge in [-0.2, -0.15) is 5.06 Å². The molecule has 2 unspecified atom stereocenters.